The number of nitrogens with one attached hydrogen (secondary N) is 3. The van der Waals surface area contributed by atoms with Crippen molar-refractivity contribution in [2.24, 2.45) is 0 Å². The first-order chi connectivity index (χ1) is 11.2. The van der Waals surface area contributed by atoms with E-state index >= 15 is 0 Å². The molecule has 2 fully saturated rings. The Bertz CT molecular complexity index is 586. The topological polar surface area (TPSA) is 73.5 Å². The van der Waals surface area contributed by atoms with Crippen LogP contribution in [0.25, 0.3) is 0 Å². The molecule has 1 unspecified atom stereocenters. The van der Waals surface area contributed by atoms with Crippen molar-refractivity contribution in [3.8, 4) is 0 Å². The van der Waals surface area contributed by atoms with Gasteiger partial charge in [-0.2, -0.15) is 0 Å². The van der Waals surface area contributed by atoms with Crippen molar-refractivity contribution in [3.63, 3.8) is 0 Å². The molecule has 1 saturated carbocycles. The number of hydrogen-bond donors (Lipinski definition) is 3. The third-order valence-corrected chi connectivity index (χ3v) is 4.36. The van der Waals surface area contributed by atoms with Crippen LogP contribution in [0.3, 0.4) is 0 Å². The highest BCUT2D eigenvalue weighted by molar-refractivity contribution is 5.97. The molecule has 6 heteroatoms. The van der Waals surface area contributed by atoms with E-state index in [-0.39, 0.29) is 18.0 Å². The molecule has 1 aromatic rings. The maximum Gasteiger partial charge on any atom is 0.319 e. The number of carbonyl (C=O) groups is 2. The SMILES string of the molecule is CNCC1CCCN1C(=O)c1cccc(NC(=O)NC2CC2)c1. The lowest BCUT2D eigenvalue weighted by Crippen LogP contribution is -2.40. The van der Waals surface area contributed by atoms with E-state index in [1.54, 1.807) is 18.2 Å². The fourth-order valence-electron chi connectivity index (χ4n) is 3.03. The molecular weight excluding hydrogens is 292 g/mol. The van der Waals surface area contributed by atoms with E-state index in [1.807, 2.05) is 18.0 Å². The Balaban J connectivity index is 1.65. The summed E-state index contributed by atoms with van der Waals surface area (Å²) in [6.45, 7) is 1.61. The summed E-state index contributed by atoms with van der Waals surface area (Å²) in [4.78, 5) is 26.5. The van der Waals surface area contributed by atoms with Crippen molar-refractivity contribution in [2.45, 2.75) is 37.8 Å². The summed E-state index contributed by atoms with van der Waals surface area (Å²) >= 11 is 0. The van der Waals surface area contributed by atoms with Crippen LogP contribution in [0.5, 0.6) is 0 Å². The van der Waals surface area contributed by atoms with Crippen molar-refractivity contribution in [3.05, 3.63) is 29.8 Å². The lowest BCUT2D eigenvalue weighted by atomic mass is 10.1. The predicted octanol–water partition coefficient (Wildman–Crippen LogP) is 1.79. The number of hydrogen-bond acceptors (Lipinski definition) is 3. The number of urea groups is 1. The summed E-state index contributed by atoms with van der Waals surface area (Å²) in [7, 11) is 1.91. The maximum absolute atomic E-state index is 12.7. The van der Waals surface area contributed by atoms with Crippen LogP contribution in [0.4, 0.5) is 10.5 Å². The minimum absolute atomic E-state index is 0.0361. The van der Waals surface area contributed by atoms with Gasteiger partial charge in [0.1, 0.15) is 0 Å². The van der Waals surface area contributed by atoms with E-state index in [1.165, 1.54) is 0 Å². The van der Waals surface area contributed by atoms with Crippen molar-refractivity contribution in [2.75, 3.05) is 25.5 Å². The van der Waals surface area contributed by atoms with Gasteiger partial charge in [0.15, 0.2) is 0 Å². The molecule has 1 heterocycles. The molecule has 0 radical (unpaired) electrons. The van der Waals surface area contributed by atoms with Crippen LogP contribution in [-0.4, -0.2) is 49.1 Å². The molecule has 3 N–H and O–H groups in total. The van der Waals surface area contributed by atoms with Gasteiger partial charge < -0.3 is 20.9 Å². The van der Waals surface area contributed by atoms with Crippen LogP contribution in [0.15, 0.2) is 24.3 Å². The molecule has 23 heavy (non-hydrogen) atoms. The largest absolute Gasteiger partial charge is 0.335 e. The molecule has 1 atom stereocenters. The van der Waals surface area contributed by atoms with Gasteiger partial charge >= 0.3 is 6.03 Å². The fraction of sp³-hybridized carbons (Fsp3) is 0.529. The molecule has 1 saturated heterocycles. The summed E-state index contributed by atoms with van der Waals surface area (Å²) < 4.78 is 0. The molecule has 0 spiro atoms. The monoisotopic (exact) mass is 316 g/mol. The average molecular weight is 316 g/mol. The second-order valence-electron chi connectivity index (χ2n) is 6.31. The summed E-state index contributed by atoms with van der Waals surface area (Å²) in [6, 6.07) is 7.53. The summed E-state index contributed by atoms with van der Waals surface area (Å²) in [5.74, 6) is 0.0361. The van der Waals surface area contributed by atoms with Gasteiger partial charge in [0.2, 0.25) is 0 Å². The fourth-order valence-corrected chi connectivity index (χ4v) is 3.03. The van der Waals surface area contributed by atoms with E-state index in [2.05, 4.69) is 16.0 Å². The molecule has 3 amide bonds. The van der Waals surface area contributed by atoms with Crippen LogP contribution in [0, 0.1) is 0 Å². The minimum atomic E-state index is -0.202. The highest BCUT2D eigenvalue weighted by Gasteiger charge is 2.29. The second-order valence-corrected chi connectivity index (χ2v) is 6.31. The van der Waals surface area contributed by atoms with Crippen LogP contribution in [-0.2, 0) is 0 Å². The first-order valence-electron chi connectivity index (χ1n) is 8.30. The van der Waals surface area contributed by atoms with Gasteiger partial charge in [-0.25, -0.2) is 4.79 Å². The third-order valence-electron chi connectivity index (χ3n) is 4.36. The normalized spacial score (nSPS) is 20.4. The number of carbonyl (C=O) groups excluding carboxylic acids is 2. The summed E-state index contributed by atoms with van der Waals surface area (Å²) in [5.41, 5.74) is 1.27. The average Bonchev–Trinajstić information content (AvgIpc) is 3.22. The van der Waals surface area contributed by atoms with E-state index in [0.717, 1.165) is 38.8 Å². The molecule has 0 aromatic heterocycles. The van der Waals surface area contributed by atoms with E-state index in [4.69, 9.17) is 0 Å². The van der Waals surface area contributed by atoms with E-state index in [0.29, 0.717) is 17.3 Å². The smallest absolute Gasteiger partial charge is 0.319 e. The van der Waals surface area contributed by atoms with Gasteiger partial charge in [-0.1, -0.05) is 6.07 Å². The van der Waals surface area contributed by atoms with Crippen LogP contribution < -0.4 is 16.0 Å². The lowest BCUT2D eigenvalue weighted by molar-refractivity contribution is 0.0737. The molecule has 1 aromatic carbocycles. The zero-order chi connectivity index (χ0) is 16.2. The van der Waals surface area contributed by atoms with Crippen molar-refractivity contribution in [1.29, 1.82) is 0 Å². The van der Waals surface area contributed by atoms with Gasteiger partial charge in [-0.05, 0) is 50.9 Å². The van der Waals surface area contributed by atoms with E-state index < -0.39 is 0 Å². The van der Waals surface area contributed by atoms with Crippen molar-refractivity contribution >= 4 is 17.6 Å². The lowest BCUT2D eigenvalue weighted by Gasteiger charge is -2.24. The molecule has 6 nitrogen and oxygen atoms in total. The predicted molar refractivity (Wildman–Crippen MR) is 89.6 cm³/mol. The first-order valence-corrected chi connectivity index (χ1v) is 8.30. The number of nitrogens with zero attached hydrogens (tertiary/aromatic N) is 1. The quantitative estimate of drug-likeness (QED) is 0.775. The maximum atomic E-state index is 12.7. The Hall–Kier alpha value is -2.08. The van der Waals surface area contributed by atoms with Crippen molar-refractivity contribution < 1.29 is 9.59 Å². The Morgan fingerprint density at radius 3 is 2.83 bits per heavy atom. The van der Waals surface area contributed by atoms with Gasteiger partial charge in [-0.15, -0.1) is 0 Å². The Kier molecular flexibility index (Phi) is 4.81. The number of amides is 3. The number of likely N-dealkylation sites (tertiary alicyclic amines) is 1. The van der Waals surface area contributed by atoms with Gasteiger partial charge in [0, 0.05) is 36.4 Å². The van der Waals surface area contributed by atoms with E-state index in [9.17, 15) is 9.59 Å². The summed E-state index contributed by atoms with van der Waals surface area (Å²) in [5, 5.41) is 8.83. The van der Waals surface area contributed by atoms with Crippen molar-refractivity contribution in [1.82, 2.24) is 15.5 Å². The van der Waals surface area contributed by atoms with Crippen LogP contribution in [0.1, 0.15) is 36.0 Å². The Morgan fingerprint density at radius 2 is 2.09 bits per heavy atom. The molecule has 0 bridgehead atoms. The molecule has 2 aliphatic rings. The molecule has 124 valence electrons. The van der Waals surface area contributed by atoms with Gasteiger partial charge in [0.05, 0.1) is 0 Å². The van der Waals surface area contributed by atoms with Gasteiger partial charge in [-0.3, -0.25) is 4.79 Å². The second kappa shape index (κ2) is 7.00. The highest BCUT2D eigenvalue weighted by Crippen LogP contribution is 2.22. The Morgan fingerprint density at radius 1 is 1.26 bits per heavy atom. The van der Waals surface area contributed by atoms with Gasteiger partial charge in [0.25, 0.3) is 5.91 Å². The van der Waals surface area contributed by atoms with Crippen LogP contribution >= 0.6 is 0 Å². The standard InChI is InChI=1S/C17H24N4O2/c1-18-11-15-6-3-9-21(15)16(22)12-4-2-5-14(10-12)20-17(23)19-13-7-8-13/h2,4-5,10,13,15,18H,3,6-9,11H2,1H3,(H2,19,20,23). The highest BCUT2D eigenvalue weighted by atomic mass is 16.2. The zero-order valence-electron chi connectivity index (χ0n) is 13.5. The number of rotatable bonds is 5. The van der Waals surface area contributed by atoms with Crippen LogP contribution in [0.2, 0.25) is 0 Å². The minimum Gasteiger partial charge on any atom is -0.335 e. The zero-order valence-corrected chi connectivity index (χ0v) is 13.5. The first kappa shape index (κ1) is 15.8. The molecule has 3 rings (SSSR count). The molecule has 1 aliphatic heterocycles. The number of likely N-dealkylation sites (N-methyl/N-ethyl adjacent to an activating group) is 1. The Labute approximate surface area is 136 Å². The molecular formula is C17H24N4O2. The molecule has 1 aliphatic carbocycles. The summed E-state index contributed by atoms with van der Waals surface area (Å²) in [6.07, 6.45) is 4.18. The third kappa shape index (κ3) is 4.01. The number of benzene rings is 1. The number of anilines is 1.